The average Bonchev–Trinajstić information content (AvgIpc) is 2.49. The summed E-state index contributed by atoms with van der Waals surface area (Å²) in [6, 6.07) is -0.902. The van der Waals surface area contributed by atoms with Crippen molar-refractivity contribution in [3.05, 3.63) is 0 Å². The predicted molar refractivity (Wildman–Crippen MR) is 102 cm³/mol. The van der Waals surface area contributed by atoms with Crippen molar-refractivity contribution in [1.82, 2.24) is 9.80 Å². The fourth-order valence-electron chi connectivity index (χ4n) is 1.78. The smallest absolute Gasteiger partial charge is 0.321 e. The number of carboxylic acid groups (broad SMARTS) is 5. The van der Waals surface area contributed by atoms with Gasteiger partial charge in [-0.3, -0.25) is 33.8 Å². The third kappa shape index (κ3) is 17.4. The molecule has 13 nitrogen and oxygen atoms in total. The number of hydrogen-bond acceptors (Lipinski definition) is 9. The maximum absolute atomic E-state index is 10.6. The van der Waals surface area contributed by atoms with Crippen LogP contribution in [0.3, 0.4) is 0 Å². The van der Waals surface area contributed by atoms with Crippen molar-refractivity contribution in [3.8, 4) is 0 Å². The molecule has 7 N–H and O–H groups in total. The zero-order valence-electron chi connectivity index (χ0n) is 16.0. The summed E-state index contributed by atoms with van der Waals surface area (Å²) in [6.45, 7) is 1.07. The highest BCUT2D eigenvalue weighted by Gasteiger charge is 2.27. The summed E-state index contributed by atoms with van der Waals surface area (Å²) >= 11 is 3.98. The Morgan fingerprint density at radius 3 is 1.10 bits per heavy atom. The molecule has 0 spiro atoms. The molecule has 0 aromatic heterocycles. The van der Waals surface area contributed by atoms with Gasteiger partial charge in [0.15, 0.2) is 0 Å². The molecular weight excluding hydrogens is 414 g/mol. The van der Waals surface area contributed by atoms with Crippen molar-refractivity contribution in [3.63, 3.8) is 0 Å². The Labute approximate surface area is 172 Å². The van der Waals surface area contributed by atoms with Gasteiger partial charge in [-0.15, -0.1) is 0 Å². The lowest BCUT2D eigenvalue weighted by atomic mass is 10.1. The monoisotopic (exact) mass is 441 g/mol. The zero-order valence-corrected chi connectivity index (χ0v) is 16.9. The molecule has 0 aliphatic heterocycles. The number of carbonyl (C=O) groups is 5. The number of nitrogens with two attached hydrogens (primary N) is 1. The maximum atomic E-state index is 10.6. The Morgan fingerprint density at radius 2 is 1.00 bits per heavy atom. The lowest BCUT2D eigenvalue weighted by Gasteiger charge is -2.23. The Hall–Kier alpha value is -2.42. The fraction of sp³-hybridized carbons (Fsp3) is 0.667. The lowest BCUT2D eigenvalue weighted by molar-refractivity contribution is -0.145. The Bertz CT molecular complexity index is 525. The lowest BCUT2D eigenvalue weighted by Crippen LogP contribution is -2.45. The zero-order chi connectivity index (χ0) is 23.4. The highest BCUT2D eigenvalue weighted by Crippen LogP contribution is 2.15. The van der Waals surface area contributed by atoms with Gasteiger partial charge in [0.05, 0.1) is 26.2 Å². The van der Waals surface area contributed by atoms with E-state index in [0.29, 0.717) is 0 Å². The van der Waals surface area contributed by atoms with Gasteiger partial charge in [0.2, 0.25) is 0 Å². The fourth-order valence-corrected chi connectivity index (χ4v) is 1.89. The summed E-state index contributed by atoms with van der Waals surface area (Å²) in [7, 11) is 0. The van der Waals surface area contributed by atoms with Crippen LogP contribution in [0.5, 0.6) is 0 Å². The molecule has 0 aromatic rings. The standard InChI is InChI=1S/C10H16N2O8.C5H11NO2S/c13-7(14)3-11(4-8(15)16)1-2-12(5-9(17)18)6-10(19)20;1-5(2,9)3(6)4(7)8/h1-6H2,(H,13,14)(H,15,16)(H,17,18)(H,19,20);3,9H,6H2,1-2H3,(H,7,8)/t;3-/m.1/s1. The predicted octanol–water partition coefficient (Wildman–Crippen LogP) is -1.96. The molecule has 0 bridgehead atoms. The van der Waals surface area contributed by atoms with Crippen LogP contribution in [0.4, 0.5) is 0 Å². The topological polar surface area (TPSA) is 219 Å². The second-order valence-electron chi connectivity index (χ2n) is 6.47. The van der Waals surface area contributed by atoms with Gasteiger partial charge < -0.3 is 31.3 Å². The van der Waals surface area contributed by atoms with Gasteiger partial charge in [0.25, 0.3) is 0 Å². The number of nitrogens with zero attached hydrogens (tertiary/aromatic N) is 2. The van der Waals surface area contributed by atoms with Gasteiger partial charge in [0.1, 0.15) is 6.04 Å². The molecule has 0 rings (SSSR count). The van der Waals surface area contributed by atoms with Gasteiger partial charge in [-0.2, -0.15) is 12.6 Å². The molecule has 0 aliphatic carbocycles. The Kier molecular flexibility index (Phi) is 13.6. The van der Waals surface area contributed by atoms with Gasteiger partial charge in [-0.05, 0) is 13.8 Å². The van der Waals surface area contributed by atoms with E-state index < -0.39 is 66.8 Å². The van der Waals surface area contributed by atoms with Crippen LogP contribution in [0.25, 0.3) is 0 Å². The van der Waals surface area contributed by atoms with E-state index in [9.17, 15) is 24.0 Å². The number of rotatable bonds is 13. The van der Waals surface area contributed by atoms with Gasteiger partial charge >= 0.3 is 29.8 Å². The van der Waals surface area contributed by atoms with Crippen LogP contribution in [-0.4, -0.2) is 115 Å². The van der Waals surface area contributed by atoms with Crippen LogP contribution in [0.1, 0.15) is 13.8 Å². The molecule has 0 saturated heterocycles. The van der Waals surface area contributed by atoms with Crippen molar-refractivity contribution < 1.29 is 49.5 Å². The van der Waals surface area contributed by atoms with Crippen LogP contribution in [-0.2, 0) is 24.0 Å². The first-order valence-corrected chi connectivity index (χ1v) is 8.53. The summed E-state index contributed by atoms with van der Waals surface area (Å²) < 4.78 is -0.647. The molecule has 0 saturated carbocycles. The van der Waals surface area contributed by atoms with E-state index in [0.717, 1.165) is 9.80 Å². The van der Waals surface area contributed by atoms with Crippen LogP contribution >= 0.6 is 12.6 Å². The SMILES string of the molecule is CC(C)(S)[C@H](N)C(=O)O.O=C(O)CN(CCN(CC(=O)O)CC(=O)O)CC(=O)O. The molecular formula is C15H27N3O10S. The van der Waals surface area contributed by atoms with Crippen molar-refractivity contribution >= 4 is 42.5 Å². The van der Waals surface area contributed by atoms with E-state index in [1.807, 2.05) is 0 Å². The minimum Gasteiger partial charge on any atom is -0.480 e. The van der Waals surface area contributed by atoms with E-state index in [-0.39, 0.29) is 13.1 Å². The summed E-state index contributed by atoms with van der Waals surface area (Å²) in [5, 5.41) is 42.8. The van der Waals surface area contributed by atoms with Gasteiger partial charge in [-0.25, -0.2) is 0 Å². The second kappa shape index (κ2) is 13.7. The largest absolute Gasteiger partial charge is 0.480 e. The van der Waals surface area contributed by atoms with Gasteiger partial charge in [-0.1, -0.05) is 0 Å². The molecule has 0 unspecified atom stereocenters. The summed E-state index contributed by atoms with van der Waals surface area (Å²) in [4.78, 5) is 54.5. The summed E-state index contributed by atoms with van der Waals surface area (Å²) in [5.41, 5.74) is 5.22. The first kappa shape index (κ1) is 28.8. The Morgan fingerprint density at radius 1 is 0.759 bits per heavy atom. The third-order valence-electron chi connectivity index (χ3n) is 3.20. The quantitative estimate of drug-likeness (QED) is 0.154. The average molecular weight is 441 g/mol. The van der Waals surface area contributed by atoms with Crippen LogP contribution in [0.15, 0.2) is 0 Å². The number of thiol groups is 1. The van der Waals surface area contributed by atoms with Crippen LogP contribution in [0.2, 0.25) is 0 Å². The van der Waals surface area contributed by atoms with E-state index in [1.165, 1.54) is 0 Å². The minimum absolute atomic E-state index is 0.0703. The van der Waals surface area contributed by atoms with Crippen molar-refractivity contribution in [1.29, 1.82) is 0 Å². The highest BCUT2D eigenvalue weighted by molar-refractivity contribution is 7.81. The molecule has 0 heterocycles. The molecule has 14 heteroatoms. The first-order valence-electron chi connectivity index (χ1n) is 8.08. The molecule has 1 atom stereocenters. The number of carboxylic acids is 5. The number of aliphatic carboxylic acids is 5. The molecule has 0 fully saturated rings. The van der Waals surface area contributed by atoms with E-state index in [4.69, 9.17) is 31.3 Å². The summed E-state index contributed by atoms with van der Waals surface area (Å²) in [6.07, 6.45) is 0. The molecule has 29 heavy (non-hydrogen) atoms. The minimum atomic E-state index is -1.23. The van der Waals surface area contributed by atoms with Crippen LogP contribution in [0, 0.1) is 0 Å². The molecule has 0 aromatic carbocycles. The van der Waals surface area contributed by atoms with Gasteiger partial charge in [0, 0.05) is 17.8 Å². The van der Waals surface area contributed by atoms with E-state index in [2.05, 4.69) is 12.6 Å². The molecule has 0 aliphatic rings. The summed E-state index contributed by atoms with van der Waals surface area (Å²) in [5.74, 6) is -5.93. The number of hydrogen-bond donors (Lipinski definition) is 7. The van der Waals surface area contributed by atoms with E-state index >= 15 is 0 Å². The highest BCUT2D eigenvalue weighted by atomic mass is 32.1. The first-order chi connectivity index (χ1) is 13.1. The normalized spacial score (nSPS) is 12.1. The maximum Gasteiger partial charge on any atom is 0.321 e. The third-order valence-corrected chi connectivity index (χ3v) is 3.47. The van der Waals surface area contributed by atoms with E-state index in [1.54, 1.807) is 13.8 Å². The molecule has 0 radical (unpaired) electrons. The van der Waals surface area contributed by atoms with Crippen molar-refractivity contribution in [2.45, 2.75) is 24.6 Å². The molecule has 0 amide bonds. The molecule has 168 valence electrons. The van der Waals surface area contributed by atoms with Crippen molar-refractivity contribution in [2.24, 2.45) is 5.73 Å². The second-order valence-corrected chi connectivity index (χ2v) is 7.62. The Balaban J connectivity index is 0. The van der Waals surface area contributed by atoms with Crippen molar-refractivity contribution in [2.75, 3.05) is 39.3 Å². The van der Waals surface area contributed by atoms with Crippen LogP contribution < -0.4 is 5.73 Å².